The van der Waals surface area contributed by atoms with Crippen molar-refractivity contribution in [1.82, 2.24) is 14.8 Å². The number of hydrogen-bond donors (Lipinski definition) is 1. The van der Waals surface area contributed by atoms with Crippen LogP contribution in [0, 0.1) is 0 Å². The Morgan fingerprint density at radius 1 is 1.33 bits per heavy atom. The van der Waals surface area contributed by atoms with Crippen molar-refractivity contribution < 1.29 is 0 Å². The molecule has 4 nitrogen and oxygen atoms in total. The summed E-state index contributed by atoms with van der Waals surface area (Å²) in [5.41, 5.74) is 7.26. The van der Waals surface area contributed by atoms with Gasteiger partial charge in [0.25, 0.3) is 0 Å². The van der Waals surface area contributed by atoms with Gasteiger partial charge in [0.2, 0.25) is 0 Å². The summed E-state index contributed by atoms with van der Waals surface area (Å²) < 4.78 is 1.72. The highest BCUT2D eigenvalue weighted by Gasteiger charge is 2.11. The van der Waals surface area contributed by atoms with E-state index in [9.17, 15) is 0 Å². The Bertz CT molecular complexity index is 421. The Labute approximate surface area is 88.8 Å². The van der Waals surface area contributed by atoms with Crippen molar-refractivity contribution in [2.24, 2.45) is 12.8 Å². The summed E-state index contributed by atoms with van der Waals surface area (Å²) in [7, 11) is 1.85. The van der Waals surface area contributed by atoms with Crippen LogP contribution in [0.3, 0.4) is 0 Å². The molecule has 0 saturated carbocycles. The fraction of sp³-hybridized carbons (Fsp3) is 0.273. The van der Waals surface area contributed by atoms with Gasteiger partial charge < -0.3 is 5.73 Å². The van der Waals surface area contributed by atoms with Crippen molar-refractivity contribution in [2.75, 3.05) is 0 Å². The van der Waals surface area contributed by atoms with Crippen LogP contribution < -0.4 is 5.73 Å². The molecular formula is C11H14N4. The van der Waals surface area contributed by atoms with Crippen molar-refractivity contribution in [3.63, 3.8) is 0 Å². The quantitative estimate of drug-likeness (QED) is 0.809. The second-order valence-corrected chi connectivity index (χ2v) is 3.54. The molecule has 0 amide bonds. The molecule has 2 N–H and O–H groups in total. The molecule has 0 spiro atoms. The summed E-state index contributed by atoms with van der Waals surface area (Å²) in [6.45, 7) is 0. The van der Waals surface area contributed by atoms with Crippen molar-refractivity contribution in [2.45, 2.75) is 12.5 Å². The lowest BCUT2D eigenvalue weighted by atomic mass is 10.1. The Kier molecular flexibility index (Phi) is 2.78. The molecule has 1 heterocycles. The molecule has 1 aromatic heterocycles. The predicted octanol–water partition coefficient (Wildman–Crippen LogP) is 1.06. The Balaban J connectivity index is 2.11. The first-order valence-electron chi connectivity index (χ1n) is 4.91. The summed E-state index contributed by atoms with van der Waals surface area (Å²) in [4.78, 5) is 4.14. The number of benzene rings is 1. The number of aromatic nitrogens is 3. The van der Waals surface area contributed by atoms with E-state index in [1.165, 1.54) is 11.9 Å². The first-order chi connectivity index (χ1) is 7.27. The zero-order valence-electron chi connectivity index (χ0n) is 8.67. The van der Waals surface area contributed by atoms with Crippen LogP contribution in [0.25, 0.3) is 0 Å². The number of hydrogen-bond acceptors (Lipinski definition) is 3. The highest BCUT2D eigenvalue weighted by Crippen LogP contribution is 2.12. The summed E-state index contributed by atoms with van der Waals surface area (Å²) >= 11 is 0. The molecule has 0 fully saturated rings. The molecule has 0 radical (unpaired) electrons. The van der Waals surface area contributed by atoms with E-state index in [0.717, 1.165) is 12.2 Å². The van der Waals surface area contributed by atoms with Crippen molar-refractivity contribution in [3.8, 4) is 0 Å². The fourth-order valence-corrected chi connectivity index (χ4v) is 1.60. The maximum atomic E-state index is 6.05. The van der Waals surface area contributed by atoms with E-state index in [0.29, 0.717) is 0 Å². The normalized spacial score (nSPS) is 12.7. The minimum absolute atomic E-state index is 0.0973. The number of rotatable bonds is 3. The van der Waals surface area contributed by atoms with Crippen molar-refractivity contribution in [3.05, 3.63) is 48.0 Å². The monoisotopic (exact) mass is 202 g/mol. The van der Waals surface area contributed by atoms with Crippen LogP contribution >= 0.6 is 0 Å². The minimum atomic E-state index is -0.0973. The lowest BCUT2D eigenvalue weighted by molar-refractivity contribution is 0.601. The van der Waals surface area contributed by atoms with Crippen molar-refractivity contribution >= 4 is 0 Å². The standard InChI is InChI=1S/C11H14N4/c1-15-11(13-8-14-15)10(12)7-9-5-3-2-4-6-9/h2-6,8,10H,7,12H2,1H3/t10-/m0/s1. The maximum absolute atomic E-state index is 6.05. The molecule has 1 aromatic carbocycles. The van der Waals surface area contributed by atoms with Gasteiger partial charge in [0.05, 0.1) is 6.04 Å². The number of aryl methyl sites for hydroxylation is 1. The van der Waals surface area contributed by atoms with Gasteiger partial charge in [-0.2, -0.15) is 5.10 Å². The van der Waals surface area contributed by atoms with Crippen LogP contribution in [0.4, 0.5) is 0 Å². The molecule has 2 aromatic rings. The van der Waals surface area contributed by atoms with Gasteiger partial charge in [-0.3, -0.25) is 4.68 Å². The lowest BCUT2D eigenvalue weighted by Crippen LogP contribution is -2.18. The summed E-state index contributed by atoms with van der Waals surface area (Å²) in [5, 5.41) is 4.00. The SMILES string of the molecule is Cn1ncnc1[C@@H](N)Cc1ccccc1. The Morgan fingerprint density at radius 2 is 2.07 bits per heavy atom. The third kappa shape index (κ3) is 2.22. The van der Waals surface area contributed by atoms with Gasteiger partial charge in [-0.25, -0.2) is 4.98 Å². The van der Waals surface area contributed by atoms with E-state index in [-0.39, 0.29) is 6.04 Å². The van der Waals surface area contributed by atoms with Crippen LogP contribution in [0.1, 0.15) is 17.4 Å². The van der Waals surface area contributed by atoms with E-state index in [2.05, 4.69) is 22.2 Å². The Morgan fingerprint density at radius 3 is 2.67 bits per heavy atom. The third-order valence-corrected chi connectivity index (χ3v) is 2.38. The zero-order chi connectivity index (χ0) is 10.7. The van der Waals surface area contributed by atoms with Gasteiger partial charge in [-0.15, -0.1) is 0 Å². The van der Waals surface area contributed by atoms with Crippen LogP contribution in [0.15, 0.2) is 36.7 Å². The molecular weight excluding hydrogens is 188 g/mol. The second kappa shape index (κ2) is 4.23. The molecule has 2 rings (SSSR count). The Hall–Kier alpha value is -1.68. The third-order valence-electron chi connectivity index (χ3n) is 2.38. The van der Waals surface area contributed by atoms with Gasteiger partial charge in [0.15, 0.2) is 0 Å². The van der Waals surface area contributed by atoms with Crippen molar-refractivity contribution in [1.29, 1.82) is 0 Å². The van der Waals surface area contributed by atoms with E-state index in [4.69, 9.17) is 5.73 Å². The molecule has 0 aliphatic carbocycles. The zero-order valence-corrected chi connectivity index (χ0v) is 8.67. The molecule has 0 aliphatic rings. The van der Waals surface area contributed by atoms with E-state index in [1.807, 2.05) is 25.2 Å². The van der Waals surface area contributed by atoms with Crippen LogP contribution in [-0.4, -0.2) is 14.8 Å². The minimum Gasteiger partial charge on any atom is -0.321 e. The highest BCUT2D eigenvalue weighted by atomic mass is 15.3. The molecule has 78 valence electrons. The molecule has 1 atom stereocenters. The van der Waals surface area contributed by atoms with E-state index in [1.54, 1.807) is 4.68 Å². The number of nitrogens with zero attached hydrogens (tertiary/aromatic N) is 3. The lowest BCUT2D eigenvalue weighted by Gasteiger charge is -2.10. The largest absolute Gasteiger partial charge is 0.321 e. The van der Waals surface area contributed by atoms with E-state index < -0.39 is 0 Å². The highest BCUT2D eigenvalue weighted by molar-refractivity contribution is 5.17. The van der Waals surface area contributed by atoms with E-state index >= 15 is 0 Å². The second-order valence-electron chi connectivity index (χ2n) is 3.54. The summed E-state index contributed by atoms with van der Waals surface area (Å²) in [5.74, 6) is 0.818. The summed E-state index contributed by atoms with van der Waals surface area (Å²) in [6, 6.07) is 10.1. The molecule has 15 heavy (non-hydrogen) atoms. The summed E-state index contributed by atoms with van der Waals surface area (Å²) in [6.07, 6.45) is 2.31. The van der Waals surface area contributed by atoms with Crippen LogP contribution in [0.5, 0.6) is 0 Å². The molecule has 0 bridgehead atoms. The van der Waals surface area contributed by atoms with Gasteiger partial charge >= 0.3 is 0 Å². The molecule has 0 aliphatic heterocycles. The predicted molar refractivity (Wildman–Crippen MR) is 58.1 cm³/mol. The van der Waals surface area contributed by atoms with Crippen LogP contribution in [-0.2, 0) is 13.5 Å². The number of nitrogens with two attached hydrogens (primary N) is 1. The first kappa shape index (κ1) is 9.86. The van der Waals surface area contributed by atoms with Gasteiger partial charge in [0.1, 0.15) is 12.2 Å². The van der Waals surface area contributed by atoms with Gasteiger partial charge in [0, 0.05) is 7.05 Å². The maximum Gasteiger partial charge on any atom is 0.143 e. The topological polar surface area (TPSA) is 56.7 Å². The smallest absolute Gasteiger partial charge is 0.143 e. The average molecular weight is 202 g/mol. The molecule has 4 heteroatoms. The average Bonchev–Trinajstić information content (AvgIpc) is 2.66. The van der Waals surface area contributed by atoms with Crippen LogP contribution in [0.2, 0.25) is 0 Å². The van der Waals surface area contributed by atoms with Gasteiger partial charge in [-0.05, 0) is 12.0 Å². The molecule has 0 saturated heterocycles. The fourth-order valence-electron chi connectivity index (χ4n) is 1.60. The van der Waals surface area contributed by atoms with Gasteiger partial charge in [-0.1, -0.05) is 30.3 Å². The first-order valence-corrected chi connectivity index (χ1v) is 4.91. The molecule has 0 unspecified atom stereocenters.